The van der Waals surface area contributed by atoms with Gasteiger partial charge in [0, 0.05) is 24.9 Å². The molecule has 0 bridgehead atoms. The average molecular weight is 378 g/mol. The van der Waals surface area contributed by atoms with E-state index in [2.05, 4.69) is 5.32 Å². The Balaban J connectivity index is 1.79. The number of nitrogens with zero attached hydrogens (tertiary/aromatic N) is 1. The first-order chi connectivity index (χ1) is 13.7. The van der Waals surface area contributed by atoms with Gasteiger partial charge < -0.3 is 15.0 Å². The number of anilines is 1. The van der Waals surface area contributed by atoms with Crippen LogP contribution in [0.4, 0.5) is 5.69 Å². The second kappa shape index (κ2) is 7.76. The lowest BCUT2D eigenvalue weighted by Gasteiger charge is -2.50. The minimum atomic E-state index is -0.483. The largest absolute Gasteiger partial charge is 0.383 e. The van der Waals surface area contributed by atoms with Crippen molar-refractivity contribution in [3.8, 4) is 0 Å². The van der Waals surface area contributed by atoms with Crippen molar-refractivity contribution in [2.75, 3.05) is 25.6 Å². The SMILES string of the molecule is COCCN1C(=O)c2ccccc2[C@@H](C(=O)Nc2ccccc2)C12CCCC2. The van der Waals surface area contributed by atoms with Crippen molar-refractivity contribution in [3.63, 3.8) is 0 Å². The number of para-hydroxylation sites is 1. The van der Waals surface area contributed by atoms with Gasteiger partial charge in [-0.15, -0.1) is 0 Å². The normalized spacial score (nSPS) is 20.2. The zero-order valence-electron chi connectivity index (χ0n) is 16.2. The maximum Gasteiger partial charge on any atom is 0.254 e. The number of carbonyl (C=O) groups excluding carboxylic acids is 2. The molecule has 1 spiro atoms. The summed E-state index contributed by atoms with van der Waals surface area (Å²) in [6.45, 7) is 0.960. The Morgan fingerprint density at radius 1 is 1.11 bits per heavy atom. The van der Waals surface area contributed by atoms with E-state index in [-0.39, 0.29) is 17.7 Å². The van der Waals surface area contributed by atoms with Gasteiger partial charge in [0.1, 0.15) is 0 Å². The Labute approximate surface area is 165 Å². The number of hydrogen-bond donors (Lipinski definition) is 1. The molecule has 1 aliphatic carbocycles. The molecule has 5 heteroatoms. The van der Waals surface area contributed by atoms with Crippen molar-refractivity contribution >= 4 is 17.5 Å². The van der Waals surface area contributed by atoms with E-state index < -0.39 is 5.54 Å². The zero-order valence-corrected chi connectivity index (χ0v) is 16.2. The predicted octanol–water partition coefficient (Wildman–Crippen LogP) is 3.82. The Bertz CT molecular complexity index is 859. The number of fused-ring (bicyclic) bond motifs is 1. The molecule has 1 N–H and O–H groups in total. The maximum atomic E-state index is 13.5. The number of rotatable bonds is 5. The number of methoxy groups -OCH3 is 1. The van der Waals surface area contributed by atoms with Crippen LogP contribution in [-0.4, -0.2) is 42.5 Å². The van der Waals surface area contributed by atoms with Crippen molar-refractivity contribution in [1.29, 1.82) is 0 Å². The highest BCUT2D eigenvalue weighted by molar-refractivity contribution is 6.05. The first-order valence-corrected chi connectivity index (χ1v) is 9.93. The van der Waals surface area contributed by atoms with Gasteiger partial charge >= 0.3 is 0 Å². The molecule has 0 aromatic heterocycles. The summed E-state index contributed by atoms with van der Waals surface area (Å²) in [5, 5.41) is 3.09. The lowest BCUT2D eigenvalue weighted by atomic mass is 9.71. The molecule has 1 atom stereocenters. The maximum absolute atomic E-state index is 13.5. The van der Waals surface area contributed by atoms with Gasteiger partial charge in [-0.05, 0) is 36.6 Å². The molecule has 2 amide bonds. The van der Waals surface area contributed by atoms with E-state index in [4.69, 9.17) is 4.74 Å². The molecular formula is C23H26N2O3. The van der Waals surface area contributed by atoms with Crippen LogP contribution in [0, 0.1) is 0 Å². The number of nitrogens with one attached hydrogen (secondary N) is 1. The van der Waals surface area contributed by atoms with E-state index in [1.807, 2.05) is 59.5 Å². The highest BCUT2D eigenvalue weighted by Gasteiger charge is 2.55. The van der Waals surface area contributed by atoms with Crippen LogP contribution in [0.2, 0.25) is 0 Å². The van der Waals surface area contributed by atoms with Crippen molar-refractivity contribution in [3.05, 3.63) is 65.7 Å². The van der Waals surface area contributed by atoms with E-state index >= 15 is 0 Å². The monoisotopic (exact) mass is 378 g/mol. The van der Waals surface area contributed by atoms with Crippen LogP contribution in [-0.2, 0) is 9.53 Å². The third-order valence-electron chi connectivity index (χ3n) is 6.11. The Morgan fingerprint density at radius 3 is 2.50 bits per heavy atom. The summed E-state index contributed by atoms with van der Waals surface area (Å²) < 4.78 is 5.28. The lowest BCUT2D eigenvalue weighted by molar-refractivity contribution is -0.121. The summed E-state index contributed by atoms with van der Waals surface area (Å²) in [4.78, 5) is 28.8. The summed E-state index contributed by atoms with van der Waals surface area (Å²) in [6.07, 6.45) is 3.72. The van der Waals surface area contributed by atoms with Gasteiger partial charge in [0.15, 0.2) is 0 Å². The number of amides is 2. The fourth-order valence-corrected chi connectivity index (χ4v) is 4.91. The van der Waals surface area contributed by atoms with Gasteiger partial charge in [-0.3, -0.25) is 9.59 Å². The first-order valence-electron chi connectivity index (χ1n) is 9.93. The Hall–Kier alpha value is -2.66. The highest BCUT2D eigenvalue weighted by Crippen LogP contribution is 2.50. The van der Waals surface area contributed by atoms with Crippen LogP contribution in [0.1, 0.15) is 47.5 Å². The number of hydrogen-bond acceptors (Lipinski definition) is 3. The van der Waals surface area contributed by atoms with Gasteiger partial charge in [-0.2, -0.15) is 0 Å². The summed E-state index contributed by atoms with van der Waals surface area (Å²) in [5.74, 6) is -0.422. The molecular weight excluding hydrogens is 352 g/mol. The molecule has 4 rings (SSSR count). The topological polar surface area (TPSA) is 58.6 Å². The second-order valence-corrected chi connectivity index (χ2v) is 7.64. The average Bonchev–Trinajstić information content (AvgIpc) is 3.18. The third-order valence-corrected chi connectivity index (χ3v) is 6.11. The fourth-order valence-electron chi connectivity index (χ4n) is 4.91. The molecule has 2 aliphatic rings. The summed E-state index contributed by atoms with van der Waals surface area (Å²) in [7, 11) is 1.64. The summed E-state index contributed by atoms with van der Waals surface area (Å²) >= 11 is 0. The predicted molar refractivity (Wildman–Crippen MR) is 108 cm³/mol. The van der Waals surface area contributed by atoms with Crippen LogP contribution in [0.15, 0.2) is 54.6 Å². The quantitative estimate of drug-likeness (QED) is 0.860. The van der Waals surface area contributed by atoms with Gasteiger partial charge in [0.25, 0.3) is 5.91 Å². The van der Waals surface area contributed by atoms with Crippen molar-refractivity contribution in [2.45, 2.75) is 37.1 Å². The molecule has 146 valence electrons. The van der Waals surface area contributed by atoms with Crippen LogP contribution < -0.4 is 5.32 Å². The molecule has 1 fully saturated rings. The van der Waals surface area contributed by atoms with Crippen LogP contribution in [0.5, 0.6) is 0 Å². The molecule has 1 aliphatic heterocycles. The molecule has 2 aromatic rings. The van der Waals surface area contributed by atoms with Gasteiger partial charge in [-0.25, -0.2) is 0 Å². The zero-order chi connectivity index (χ0) is 19.6. The van der Waals surface area contributed by atoms with Crippen molar-refractivity contribution < 1.29 is 14.3 Å². The molecule has 0 saturated heterocycles. The van der Waals surface area contributed by atoms with Gasteiger partial charge in [0.05, 0.1) is 18.1 Å². The Morgan fingerprint density at radius 2 is 1.79 bits per heavy atom. The Kier molecular flexibility index (Phi) is 5.18. The second-order valence-electron chi connectivity index (χ2n) is 7.64. The fraction of sp³-hybridized carbons (Fsp3) is 0.391. The van der Waals surface area contributed by atoms with E-state index in [1.54, 1.807) is 7.11 Å². The van der Waals surface area contributed by atoms with Gasteiger partial charge in [-0.1, -0.05) is 49.2 Å². The molecule has 2 aromatic carbocycles. The number of benzene rings is 2. The number of carbonyl (C=O) groups is 2. The standard InChI is InChI=1S/C23H26N2O3/c1-28-16-15-25-22(27)19-12-6-5-11-18(19)20(23(25)13-7-8-14-23)21(26)24-17-9-3-2-4-10-17/h2-6,9-12,20H,7-8,13-16H2,1H3,(H,24,26)/t20-/m0/s1. The van der Waals surface area contributed by atoms with Crippen LogP contribution in [0.3, 0.4) is 0 Å². The smallest absolute Gasteiger partial charge is 0.254 e. The molecule has 1 heterocycles. The van der Waals surface area contributed by atoms with E-state index in [0.29, 0.717) is 18.7 Å². The first kappa shape index (κ1) is 18.7. The van der Waals surface area contributed by atoms with Crippen LogP contribution in [0.25, 0.3) is 0 Å². The minimum absolute atomic E-state index is 0.0123. The summed E-state index contributed by atoms with van der Waals surface area (Å²) in [6, 6.07) is 17.1. The highest BCUT2D eigenvalue weighted by atomic mass is 16.5. The van der Waals surface area contributed by atoms with Crippen molar-refractivity contribution in [1.82, 2.24) is 4.90 Å². The molecule has 0 unspecified atom stereocenters. The van der Waals surface area contributed by atoms with Crippen molar-refractivity contribution in [2.24, 2.45) is 0 Å². The van der Waals surface area contributed by atoms with Gasteiger partial charge in [0.2, 0.25) is 5.91 Å². The van der Waals surface area contributed by atoms with E-state index in [9.17, 15) is 9.59 Å². The number of ether oxygens (including phenoxy) is 1. The van der Waals surface area contributed by atoms with E-state index in [1.165, 1.54) is 0 Å². The molecule has 28 heavy (non-hydrogen) atoms. The van der Waals surface area contributed by atoms with Crippen LogP contribution >= 0.6 is 0 Å². The molecule has 0 radical (unpaired) electrons. The molecule has 1 saturated carbocycles. The lowest BCUT2D eigenvalue weighted by Crippen LogP contribution is -2.60. The third kappa shape index (κ3) is 3.10. The summed E-state index contributed by atoms with van der Waals surface area (Å²) in [5.41, 5.74) is 1.77. The minimum Gasteiger partial charge on any atom is -0.383 e. The molecule has 5 nitrogen and oxygen atoms in total. The van der Waals surface area contributed by atoms with E-state index in [0.717, 1.165) is 36.9 Å².